The molecule has 0 bridgehead atoms. The Balaban J connectivity index is 2.41. The monoisotopic (exact) mass is 85.1 g/mol. The lowest BCUT2D eigenvalue weighted by atomic mass is 10.2. The van der Waals surface area contributed by atoms with Crippen molar-refractivity contribution in [1.82, 2.24) is 5.32 Å². The average molecular weight is 85.1 g/mol. The third kappa shape index (κ3) is 0.432. The molecular formula is C5H11N. The van der Waals surface area contributed by atoms with Crippen LogP contribution in [-0.4, -0.2) is 11.6 Å². The highest BCUT2D eigenvalue weighted by Gasteiger charge is 2.40. The minimum Gasteiger partial charge on any atom is -0.306 e. The standard InChI is InChI=1S/C5H11N/c1-4-5(2,3)6-4/h4,6H,1-3H3. The summed E-state index contributed by atoms with van der Waals surface area (Å²) >= 11 is 0. The molecule has 0 radical (unpaired) electrons. The Morgan fingerprint density at radius 3 is 1.67 bits per heavy atom. The van der Waals surface area contributed by atoms with Gasteiger partial charge in [0.1, 0.15) is 0 Å². The van der Waals surface area contributed by atoms with E-state index in [9.17, 15) is 0 Å². The molecule has 1 nitrogen and oxygen atoms in total. The van der Waals surface area contributed by atoms with Crippen LogP contribution in [0.5, 0.6) is 0 Å². The van der Waals surface area contributed by atoms with Gasteiger partial charge in [0.25, 0.3) is 0 Å². The second-order valence-electron chi connectivity index (χ2n) is 2.59. The van der Waals surface area contributed by atoms with E-state index in [2.05, 4.69) is 26.1 Å². The molecule has 0 amide bonds. The van der Waals surface area contributed by atoms with Crippen molar-refractivity contribution in [3.8, 4) is 0 Å². The molecule has 6 heavy (non-hydrogen) atoms. The minimum atomic E-state index is 0.458. The van der Waals surface area contributed by atoms with Gasteiger partial charge >= 0.3 is 0 Å². The van der Waals surface area contributed by atoms with Gasteiger partial charge < -0.3 is 5.32 Å². The molecule has 0 saturated carbocycles. The number of hydrogen-bond acceptors (Lipinski definition) is 1. The van der Waals surface area contributed by atoms with Crippen LogP contribution < -0.4 is 5.32 Å². The van der Waals surface area contributed by atoms with Gasteiger partial charge in [0.15, 0.2) is 0 Å². The van der Waals surface area contributed by atoms with Crippen molar-refractivity contribution >= 4 is 0 Å². The molecule has 1 atom stereocenters. The maximum Gasteiger partial charge on any atom is 0.0278 e. The second kappa shape index (κ2) is 0.784. The molecule has 1 unspecified atom stereocenters. The lowest BCUT2D eigenvalue weighted by Crippen LogP contribution is -2.00. The number of nitrogens with one attached hydrogen (secondary N) is 1. The van der Waals surface area contributed by atoms with Gasteiger partial charge in [0, 0.05) is 11.6 Å². The lowest BCUT2D eigenvalue weighted by molar-refractivity contribution is 0.757. The van der Waals surface area contributed by atoms with Crippen LogP contribution in [0.15, 0.2) is 0 Å². The van der Waals surface area contributed by atoms with Crippen molar-refractivity contribution in [3.05, 3.63) is 0 Å². The van der Waals surface area contributed by atoms with Crippen molar-refractivity contribution in [2.24, 2.45) is 0 Å². The van der Waals surface area contributed by atoms with E-state index in [-0.39, 0.29) is 0 Å². The lowest BCUT2D eigenvalue weighted by Gasteiger charge is -1.88. The molecule has 1 rings (SSSR count). The van der Waals surface area contributed by atoms with Gasteiger partial charge in [-0.2, -0.15) is 0 Å². The van der Waals surface area contributed by atoms with Gasteiger partial charge in [-0.15, -0.1) is 0 Å². The van der Waals surface area contributed by atoms with Crippen LogP contribution in [0.2, 0.25) is 0 Å². The SMILES string of the molecule is CC1NC1(C)C. The zero-order valence-electron chi connectivity index (χ0n) is 4.58. The Kier molecular flexibility index (Phi) is 0.539. The fourth-order valence-electron chi connectivity index (χ4n) is 0.516. The molecule has 1 N–H and O–H groups in total. The van der Waals surface area contributed by atoms with Crippen molar-refractivity contribution < 1.29 is 0 Å². The molecule has 1 saturated heterocycles. The highest BCUT2D eigenvalue weighted by molar-refractivity contribution is 5.04. The molecular weight excluding hydrogens is 74.1 g/mol. The van der Waals surface area contributed by atoms with Crippen LogP contribution in [0.25, 0.3) is 0 Å². The van der Waals surface area contributed by atoms with Crippen LogP contribution in [0.4, 0.5) is 0 Å². The Morgan fingerprint density at radius 2 is 1.67 bits per heavy atom. The van der Waals surface area contributed by atoms with E-state index in [1.54, 1.807) is 0 Å². The summed E-state index contributed by atoms with van der Waals surface area (Å²) in [6, 6.07) is 0.748. The normalized spacial score (nSPS) is 39.5. The van der Waals surface area contributed by atoms with Gasteiger partial charge in [-0.25, -0.2) is 0 Å². The fraction of sp³-hybridized carbons (Fsp3) is 1.00. The maximum absolute atomic E-state index is 3.27. The molecule has 1 heterocycles. The molecule has 0 aromatic carbocycles. The third-order valence-electron chi connectivity index (χ3n) is 1.59. The fourth-order valence-corrected chi connectivity index (χ4v) is 0.516. The largest absolute Gasteiger partial charge is 0.306 e. The molecule has 0 aliphatic carbocycles. The first-order valence-corrected chi connectivity index (χ1v) is 2.40. The van der Waals surface area contributed by atoms with E-state index in [4.69, 9.17) is 0 Å². The van der Waals surface area contributed by atoms with E-state index in [1.165, 1.54) is 0 Å². The first-order chi connectivity index (χ1) is 2.63. The van der Waals surface area contributed by atoms with Crippen LogP contribution in [0, 0.1) is 0 Å². The van der Waals surface area contributed by atoms with Crippen LogP contribution in [0.3, 0.4) is 0 Å². The number of hydrogen-bond donors (Lipinski definition) is 1. The van der Waals surface area contributed by atoms with Crippen LogP contribution in [-0.2, 0) is 0 Å². The third-order valence-corrected chi connectivity index (χ3v) is 1.59. The molecule has 36 valence electrons. The first kappa shape index (κ1) is 4.13. The summed E-state index contributed by atoms with van der Waals surface area (Å²) in [6.07, 6.45) is 0. The second-order valence-corrected chi connectivity index (χ2v) is 2.59. The van der Waals surface area contributed by atoms with Gasteiger partial charge in [0.05, 0.1) is 0 Å². The van der Waals surface area contributed by atoms with Crippen molar-refractivity contribution in [3.63, 3.8) is 0 Å². The van der Waals surface area contributed by atoms with E-state index in [0.717, 1.165) is 6.04 Å². The van der Waals surface area contributed by atoms with Crippen LogP contribution >= 0.6 is 0 Å². The van der Waals surface area contributed by atoms with E-state index >= 15 is 0 Å². The summed E-state index contributed by atoms with van der Waals surface area (Å²) in [7, 11) is 0. The summed E-state index contributed by atoms with van der Waals surface area (Å²) in [5, 5.41) is 3.27. The summed E-state index contributed by atoms with van der Waals surface area (Å²) < 4.78 is 0. The van der Waals surface area contributed by atoms with Crippen molar-refractivity contribution in [2.45, 2.75) is 32.4 Å². The molecule has 0 spiro atoms. The van der Waals surface area contributed by atoms with Crippen LogP contribution in [0.1, 0.15) is 20.8 Å². The number of rotatable bonds is 0. The predicted octanol–water partition coefficient (Wildman–Crippen LogP) is 0.757. The van der Waals surface area contributed by atoms with Gasteiger partial charge in [-0.05, 0) is 20.8 Å². The van der Waals surface area contributed by atoms with Gasteiger partial charge in [-0.1, -0.05) is 0 Å². The molecule has 1 aliphatic heterocycles. The quantitative estimate of drug-likeness (QED) is 0.431. The molecule has 0 aromatic rings. The molecule has 1 aliphatic rings. The van der Waals surface area contributed by atoms with Gasteiger partial charge in [-0.3, -0.25) is 0 Å². The highest BCUT2D eigenvalue weighted by Crippen LogP contribution is 2.22. The van der Waals surface area contributed by atoms with Crippen molar-refractivity contribution in [2.75, 3.05) is 0 Å². The molecule has 1 heteroatoms. The van der Waals surface area contributed by atoms with E-state index < -0.39 is 0 Å². The Bertz CT molecular complexity index is 66.3. The van der Waals surface area contributed by atoms with Crippen molar-refractivity contribution in [1.29, 1.82) is 0 Å². The topological polar surface area (TPSA) is 21.9 Å². The molecule has 0 aromatic heterocycles. The zero-order chi connectivity index (χ0) is 4.78. The van der Waals surface area contributed by atoms with E-state index in [0.29, 0.717) is 5.54 Å². The van der Waals surface area contributed by atoms with E-state index in [1.807, 2.05) is 0 Å². The Labute approximate surface area is 38.7 Å². The summed E-state index contributed by atoms with van der Waals surface area (Å²) in [5.74, 6) is 0. The Hall–Kier alpha value is -0.0400. The summed E-state index contributed by atoms with van der Waals surface area (Å²) in [4.78, 5) is 0. The smallest absolute Gasteiger partial charge is 0.0278 e. The van der Waals surface area contributed by atoms with Gasteiger partial charge in [0.2, 0.25) is 0 Å². The summed E-state index contributed by atoms with van der Waals surface area (Å²) in [6.45, 7) is 6.61. The zero-order valence-corrected chi connectivity index (χ0v) is 4.58. The predicted molar refractivity (Wildman–Crippen MR) is 26.7 cm³/mol. The Morgan fingerprint density at radius 1 is 1.50 bits per heavy atom. The summed E-state index contributed by atoms with van der Waals surface area (Å²) in [5.41, 5.74) is 0.458. The molecule has 1 fully saturated rings. The first-order valence-electron chi connectivity index (χ1n) is 2.40. The highest BCUT2D eigenvalue weighted by atomic mass is 15.2. The average Bonchev–Trinajstić information content (AvgIpc) is 1.73. The minimum absolute atomic E-state index is 0.458. The maximum atomic E-state index is 3.27.